The molecular formula is C30H44N2O4. The standard InChI is InChI=1S/C30H44N2O4/c1-23-27(9-3-11-29(23)35-18-6-15-31-14-5-8-25(20-31)22-33)28-10-4-12-30(24(28)2)36-19-7-16-32-17-13-26(34)21-32/h3-4,9-12,25-26,33-34H,5-8,13-22H2,1-2H3/t25?,26-/m1/s1. The summed E-state index contributed by atoms with van der Waals surface area (Å²) in [6, 6.07) is 12.6. The summed E-state index contributed by atoms with van der Waals surface area (Å²) < 4.78 is 12.4. The molecule has 6 nitrogen and oxygen atoms in total. The van der Waals surface area contributed by atoms with Crippen LogP contribution in [0.4, 0.5) is 0 Å². The molecule has 198 valence electrons. The molecule has 36 heavy (non-hydrogen) atoms. The Morgan fingerprint density at radius 3 is 1.92 bits per heavy atom. The number of rotatable bonds is 12. The molecular weight excluding hydrogens is 452 g/mol. The van der Waals surface area contributed by atoms with E-state index in [1.54, 1.807) is 0 Å². The van der Waals surface area contributed by atoms with Gasteiger partial charge in [0, 0.05) is 39.3 Å². The predicted octanol–water partition coefficient (Wildman–Crippen LogP) is 4.28. The quantitative estimate of drug-likeness (QED) is 0.428. The highest BCUT2D eigenvalue weighted by Gasteiger charge is 2.20. The molecule has 2 saturated heterocycles. The minimum Gasteiger partial charge on any atom is -0.493 e. The topological polar surface area (TPSA) is 65.4 Å². The van der Waals surface area contributed by atoms with Crippen molar-refractivity contribution in [1.29, 1.82) is 0 Å². The normalized spacial score (nSPS) is 21.1. The van der Waals surface area contributed by atoms with Crippen LogP contribution in [-0.2, 0) is 0 Å². The third kappa shape index (κ3) is 7.22. The van der Waals surface area contributed by atoms with Gasteiger partial charge in [0.25, 0.3) is 0 Å². The molecule has 2 N–H and O–H groups in total. The molecule has 2 heterocycles. The smallest absolute Gasteiger partial charge is 0.122 e. The summed E-state index contributed by atoms with van der Waals surface area (Å²) in [4.78, 5) is 4.77. The van der Waals surface area contributed by atoms with Gasteiger partial charge in [-0.3, -0.25) is 0 Å². The number of hydrogen-bond acceptors (Lipinski definition) is 6. The molecule has 2 aliphatic heterocycles. The van der Waals surface area contributed by atoms with Crippen LogP contribution >= 0.6 is 0 Å². The van der Waals surface area contributed by atoms with Crippen molar-refractivity contribution < 1.29 is 19.7 Å². The molecule has 0 saturated carbocycles. The summed E-state index contributed by atoms with van der Waals surface area (Å²) in [5, 5.41) is 19.1. The number of benzene rings is 2. The van der Waals surface area contributed by atoms with Crippen molar-refractivity contribution in [3.8, 4) is 22.6 Å². The Hall–Kier alpha value is -2.12. The zero-order chi connectivity index (χ0) is 25.3. The second-order valence-electron chi connectivity index (χ2n) is 10.5. The molecule has 6 heteroatoms. The summed E-state index contributed by atoms with van der Waals surface area (Å²) >= 11 is 0. The van der Waals surface area contributed by atoms with Crippen molar-refractivity contribution in [2.45, 2.75) is 52.1 Å². The van der Waals surface area contributed by atoms with E-state index < -0.39 is 0 Å². The maximum Gasteiger partial charge on any atom is 0.122 e. The second-order valence-corrected chi connectivity index (χ2v) is 10.5. The molecule has 2 fully saturated rings. The summed E-state index contributed by atoms with van der Waals surface area (Å²) in [6.45, 7) is 11.8. The molecule has 0 spiro atoms. The number of aliphatic hydroxyl groups is 2. The van der Waals surface area contributed by atoms with Crippen molar-refractivity contribution in [3.05, 3.63) is 47.5 Å². The number of ether oxygens (including phenoxy) is 2. The van der Waals surface area contributed by atoms with Crippen molar-refractivity contribution >= 4 is 0 Å². The number of piperidine rings is 1. The van der Waals surface area contributed by atoms with Crippen LogP contribution in [-0.4, -0.2) is 85.2 Å². The number of β-amino-alcohol motifs (C(OH)–C–C–N with tert-alkyl or cyclic N) is 1. The molecule has 2 aromatic carbocycles. The van der Waals surface area contributed by atoms with Gasteiger partial charge in [-0.15, -0.1) is 0 Å². The lowest BCUT2D eigenvalue weighted by molar-refractivity contribution is 0.115. The minimum absolute atomic E-state index is 0.165. The monoisotopic (exact) mass is 496 g/mol. The minimum atomic E-state index is -0.165. The number of aliphatic hydroxyl groups excluding tert-OH is 2. The van der Waals surface area contributed by atoms with E-state index >= 15 is 0 Å². The summed E-state index contributed by atoms with van der Waals surface area (Å²) in [7, 11) is 0. The van der Waals surface area contributed by atoms with E-state index in [-0.39, 0.29) is 6.10 Å². The molecule has 4 rings (SSSR count). The maximum atomic E-state index is 9.69. The molecule has 0 bridgehead atoms. The first-order valence-corrected chi connectivity index (χ1v) is 13.7. The highest BCUT2D eigenvalue weighted by molar-refractivity contribution is 5.74. The third-order valence-electron chi connectivity index (χ3n) is 7.72. The molecule has 0 aliphatic carbocycles. The SMILES string of the molecule is Cc1c(OCCCN2CCCC(CO)C2)cccc1-c1cccc(OCCCN2CC[C@@H](O)C2)c1C. The van der Waals surface area contributed by atoms with Gasteiger partial charge in [0.2, 0.25) is 0 Å². The molecule has 2 aliphatic rings. The van der Waals surface area contributed by atoms with E-state index in [4.69, 9.17) is 9.47 Å². The zero-order valence-electron chi connectivity index (χ0n) is 22.1. The maximum absolute atomic E-state index is 9.69. The van der Waals surface area contributed by atoms with Gasteiger partial charge in [0.05, 0.1) is 19.3 Å². The van der Waals surface area contributed by atoms with Gasteiger partial charge in [0.15, 0.2) is 0 Å². The number of nitrogens with zero attached hydrogens (tertiary/aromatic N) is 2. The van der Waals surface area contributed by atoms with Crippen LogP contribution in [0.25, 0.3) is 11.1 Å². The largest absolute Gasteiger partial charge is 0.493 e. The highest BCUT2D eigenvalue weighted by atomic mass is 16.5. The Balaban J connectivity index is 1.30. The average molecular weight is 497 g/mol. The fourth-order valence-corrected chi connectivity index (χ4v) is 5.58. The first-order valence-electron chi connectivity index (χ1n) is 13.7. The summed E-state index contributed by atoms with van der Waals surface area (Å²) in [5.41, 5.74) is 4.67. The van der Waals surface area contributed by atoms with Gasteiger partial charge >= 0.3 is 0 Å². The van der Waals surface area contributed by atoms with Gasteiger partial charge in [-0.2, -0.15) is 0 Å². The molecule has 1 unspecified atom stereocenters. The molecule has 2 atom stereocenters. The van der Waals surface area contributed by atoms with Crippen molar-refractivity contribution in [3.63, 3.8) is 0 Å². The second kappa shape index (κ2) is 13.4. The Bertz CT molecular complexity index is 966. The van der Waals surface area contributed by atoms with Crippen molar-refractivity contribution in [2.75, 3.05) is 59.1 Å². The Kier molecular flexibility index (Phi) is 10.0. The van der Waals surface area contributed by atoms with Gasteiger partial charge in [-0.25, -0.2) is 0 Å². The Morgan fingerprint density at radius 2 is 1.39 bits per heavy atom. The van der Waals surface area contributed by atoms with Gasteiger partial charge in [0.1, 0.15) is 11.5 Å². The predicted molar refractivity (Wildman–Crippen MR) is 145 cm³/mol. The summed E-state index contributed by atoms with van der Waals surface area (Å²) in [5.74, 6) is 2.31. The van der Waals surface area contributed by atoms with E-state index in [0.29, 0.717) is 25.7 Å². The van der Waals surface area contributed by atoms with E-state index in [0.717, 1.165) is 87.6 Å². The van der Waals surface area contributed by atoms with Gasteiger partial charge in [-0.05, 0) is 92.8 Å². The van der Waals surface area contributed by atoms with Gasteiger partial charge < -0.3 is 29.5 Å². The highest BCUT2D eigenvalue weighted by Crippen LogP contribution is 2.35. The van der Waals surface area contributed by atoms with E-state index in [1.807, 2.05) is 0 Å². The van der Waals surface area contributed by atoms with Crippen LogP contribution in [0.3, 0.4) is 0 Å². The third-order valence-corrected chi connectivity index (χ3v) is 7.72. The van der Waals surface area contributed by atoms with Crippen LogP contribution in [0.15, 0.2) is 36.4 Å². The fraction of sp³-hybridized carbons (Fsp3) is 0.600. The zero-order valence-corrected chi connectivity index (χ0v) is 22.1. The number of likely N-dealkylation sites (tertiary alicyclic amines) is 2. The first kappa shape index (κ1) is 26.9. The van der Waals surface area contributed by atoms with E-state index in [1.165, 1.54) is 17.5 Å². The van der Waals surface area contributed by atoms with Crippen molar-refractivity contribution in [2.24, 2.45) is 5.92 Å². The number of hydrogen-bond donors (Lipinski definition) is 2. The van der Waals surface area contributed by atoms with Crippen LogP contribution < -0.4 is 9.47 Å². The van der Waals surface area contributed by atoms with Crippen molar-refractivity contribution in [1.82, 2.24) is 9.80 Å². The molecule has 0 aromatic heterocycles. The van der Waals surface area contributed by atoms with Crippen LogP contribution in [0.5, 0.6) is 11.5 Å². The molecule has 0 radical (unpaired) electrons. The van der Waals surface area contributed by atoms with Gasteiger partial charge in [-0.1, -0.05) is 24.3 Å². The van der Waals surface area contributed by atoms with E-state index in [9.17, 15) is 10.2 Å². The fourth-order valence-electron chi connectivity index (χ4n) is 5.58. The Morgan fingerprint density at radius 1 is 0.806 bits per heavy atom. The van der Waals surface area contributed by atoms with Crippen LogP contribution in [0.1, 0.15) is 43.2 Å². The lowest BCUT2D eigenvalue weighted by Crippen LogP contribution is -2.37. The lowest BCUT2D eigenvalue weighted by atomic mass is 9.95. The van der Waals surface area contributed by atoms with E-state index in [2.05, 4.69) is 60.0 Å². The van der Waals surface area contributed by atoms with Crippen LogP contribution in [0, 0.1) is 19.8 Å². The summed E-state index contributed by atoms with van der Waals surface area (Å²) in [6.07, 6.45) is 4.98. The molecule has 2 aromatic rings. The Labute approximate surface area is 216 Å². The lowest BCUT2D eigenvalue weighted by Gasteiger charge is -2.31. The van der Waals surface area contributed by atoms with Crippen LogP contribution in [0.2, 0.25) is 0 Å². The first-order chi connectivity index (χ1) is 17.5. The average Bonchev–Trinajstić information content (AvgIpc) is 3.31. The molecule has 0 amide bonds.